The maximum absolute atomic E-state index is 12.3. The molecule has 0 aliphatic rings. The standard InChI is InChI=1S/C11H13Cl2NO4S/c1-3-14(7-11(15)18-2)19(16,17)8-4-5-9(12)10(13)6-8/h4-6H,3,7H2,1-2H3. The van der Waals surface area contributed by atoms with Gasteiger partial charge in [0, 0.05) is 6.54 Å². The van der Waals surface area contributed by atoms with Gasteiger partial charge < -0.3 is 4.74 Å². The van der Waals surface area contributed by atoms with Gasteiger partial charge in [-0.05, 0) is 18.2 Å². The fraction of sp³-hybridized carbons (Fsp3) is 0.364. The largest absolute Gasteiger partial charge is 0.468 e. The van der Waals surface area contributed by atoms with E-state index in [4.69, 9.17) is 23.2 Å². The lowest BCUT2D eigenvalue weighted by atomic mass is 10.4. The van der Waals surface area contributed by atoms with Gasteiger partial charge in [0.25, 0.3) is 0 Å². The monoisotopic (exact) mass is 325 g/mol. The predicted molar refractivity (Wildman–Crippen MR) is 72.9 cm³/mol. The SMILES string of the molecule is CCN(CC(=O)OC)S(=O)(=O)c1ccc(Cl)c(Cl)c1. The van der Waals surface area contributed by atoms with E-state index in [-0.39, 0.29) is 28.0 Å². The first-order chi connectivity index (χ1) is 8.82. The van der Waals surface area contributed by atoms with Crippen LogP contribution < -0.4 is 0 Å². The van der Waals surface area contributed by atoms with Crippen molar-refractivity contribution in [2.24, 2.45) is 0 Å². The molecular weight excluding hydrogens is 313 g/mol. The molecule has 0 aliphatic heterocycles. The molecule has 0 saturated heterocycles. The second kappa shape index (κ2) is 6.56. The van der Waals surface area contributed by atoms with E-state index in [9.17, 15) is 13.2 Å². The van der Waals surface area contributed by atoms with Crippen LogP contribution in [0.15, 0.2) is 23.1 Å². The topological polar surface area (TPSA) is 63.7 Å². The average molecular weight is 326 g/mol. The second-order valence-corrected chi connectivity index (χ2v) is 6.34. The zero-order valence-electron chi connectivity index (χ0n) is 10.4. The molecule has 0 bridgehead atoms. The van der Waals surface area contributed by atoms with Crippen LogP contribution in [0.5, 0.6) is 0 Å². The van der Waals surface area contributed by atoms with Crippen LogP contribution in [0.3, 0.4) is 0 Å². The number of carbonyl (C=O) groups is 1. The number of sulfonamides is 1. The van der Waals surface area contributed by atoms with Gasteiger partial charge in [-0.3, -0.25) is 4.79 Å². The third-order valence-corrected chi connectivity index (χ3v) is 5.07. The quantitative estimate of drug-likeness (QED) is 0.778. The van der Waals surface area contributed by atoms with Crippen LogP contribution in [0.25, 0.3) is 0 Å². The fourth-order valence-electron chi connectivity index (χ4n) is 1.36. The van der Waals surface area contributed by atoms with Gasteiger partial charge >= 0.3 is 5.97 Å². The number of likely N-dealkylation sites (N-methyl/N-ethyl adjacent to an activating group) is 1. The third kappa shape index (κ3) is 3.82. The highest BCUT2D eigenvalue weighted by molar-refractivity contribution is 7.89. The minimum absolute atomic E-state index is 0.0207. The summed E-state index contributed by atoms with van der Waals surface area (Å²) in [5.41, 5.74) is 0. The molecule has 0 fully saturated rings. The predicted octanol–water partition coefficient (Wildman–Crippen LogP) is 2.18. The van der Waals surface area contributed by atoms with Crippen LogP contribution in [0.1, 0.15) is 6.92 Å². The first kappa shape index (κ1) is 16.2. The number of carbonyl (C=O) groups excluding carboxylic acids is 1. The summed E-state index contributed by atoms with van der Waals surface area (Å²) < 4.78 is 30.1. The van der Waals surface area contributed by atoms with Crippen LogP contribution in [0.4, 0.5) is 0 Å². The Morgan fingerprint density at radius 1 is 1.32 bits per heavy atom. The Bertz CT molecular complexity index is 574. The molecule has 0 spiro atoms. The lowest BCUT2D eigenvalue weighted by molar-refractivity contribution is -0.140. The summed E-state index contributed by atoms with van der Waals surface area (Å²) >= 11 is 11.5. The zero-order chi connectivity index (χ0) is 14.6. The van der Waals surface area contributed by atoms with E-state index in [0.29, 0.717) is 0 Å². The van der Waals surface area contributed by atoms with E-state index in [0.717, 1.165) is 4.31 Å². The van der Waals surface area contributed by atoms with Crippen molar-refractivity contribution >= 4 is 39.2 Å². The summed E-state index contributed by atoms with van der Waals surface area (Å²) in [6.07, 6.45) is 0. The van der Waals surface area contributed by atoms with Gasteiger partial charge in [0.05, 0.1) is 22.1 Å². The third-order valence-electron chi connectivity index (χ3n) is 2.41. The maximum Gasteiger partial charge on any atom is 0.321 e. The molecule has 0 saturated carbocycles. The first-order valence-corrected chi connectivity index (χ1v) is 7.54. The number of halogens is 2. The van der Waals surface area contributed by atoms with E-state index in [1.165, 1.54) is 25.3 Å². The lowest BCUT2D eigenvalue weighted by Crippen LogP contribution is -2.36. The molecule has 8 heteroatoms. The molecule has 1 rings (SSSR count). The number of ether oxygens (including phenoxy) is 1. The minimum Gasteiger partial charge on any atom is -0.468 e. The number of benzene rings is 1. The molecule has 19 heavy (non-hydrogen) atoms. The highest BCUT2D eigenvalue weighted by Crippen LogP contribution is 2.26. The van der Waals surface area contributed by atoms with Gasteiger partial charge in [-0.15, -0.1) is 0 Å². The van der Waals surface area contributed by atoms with Gasteiger partial charge in [0.1, 0.15) is 6.54 Å². The van der Waals surface area contributed by atoms with Crippen molar-refractivity contribution in [3.8, 4) is 0 Å². The van der Waals surface area contributed by atoms with Crippen LogP contribution in [-0.4, -0.2) is 38.9 Å². The summed E-state index contributed by atoms with van der Waals surface area (Å²) in [4.78, 5) is 11.2. The molecule has 5 nitrogen and oxygen atoms in total. The van der Waals surface area contributed by atoms with Gasteiger partial charge in [0.2, 0.25) is 10.0 Å². The van der Waals surface area contributed by atoms with E-state index >= 15 is 0 Å². The number of hydrogen-bond acceptors (Lipinski definition) is 4. The molecule has 1 aromatic carbocycles. The van der Waals surface area contributed by atoms with Crippen LogP contribution in [0.2, 0.25) is 10.0 Å². The molecule has 0 unspecified atom stereocenters. The normalized spacial score (nSPS) is 11.6. The van der Waals surface area contributed by atoms with E-state index in [2.05, 4.69) is 4.74 Å². The molecule has 0 radical (unpaired) electrons. The Morgan fingerprint density at radius 2 is 1.95 bits per heavy atom. The van der Waals surface area contributed by atoms with Crippen LogP contribution in [-0.2, 0) is 19.6 Å². The summed E-state index contributed by atoms with van der Waals surface area (Å²) in [7, 11) is -2.61. The molecule has 0 N–H and O–H groups in total. The van der Waals surface area contributed by atoms with Crippen molar-refractivity contribution in [1.29, 1.82) is 0 Å². The van der Waals surface area contributed by atoms with Crippen LogP contribution >= 0.6 is 23.2 Å². The smallest absolute Gasteiger partial charge is 0.321 e. The number of methoxy groups -OCH3 is 1. The van der Waals surface area contributed by atoms with Crippen molar-refractivity contribution in [1.82, 2.24) is 4.31 Å². The zero-order valence-corrected chi connectivity index (χ0v) is 12.7. The molecular formula is C11H13Cl2NO4S. The Labute approximate surface area is 122 Å². The van der Waals surface area contributed by atoms with Crippen molar-refractivity contribution in [2.75, 3.05) is 20.2 Å². The van der Waals surface area contributed by atoms with Crippen LogP contribution in [0, 0.1) is 0 Å². The molecule has 0 heterocycles. The van der Waals surface area contributed by atoms with Gasteiger partial charge in [-0.2, -0.15) is 4.31 Å². The lowest BCUT2D eigenvalue weighted by Gasteiger charge is -2.19. The second-order valence-electron chi connectivity index (χ2n) is 3.58. The van der Waals surface area contributed by atoms with Crippen molar-refractivity contribution in [3.63, 3.8) is 0 Å². The molecule has 0 atom stereocenters. The van der Waals surface area contributed by atoms with Crippen molar-refractivity contribution < 1.29 is 17.9 Å². The van der Waals surface area contributed by atoms with Gasteiger partial charge in [-0.1, -0.05) is 30.1 Å². The summed E-state index contributed by atoms with van der Waals surface area (Å²) in [6, 6.07) is 3.98. The highest BCUT2D eigenvalue weighted by Gasteiger charge is 2.26. The summed E-state index contributed by atoms with van der Waals surface area (Å²) in [5, 5.41) is 0.397. The molecule has 0 aromatic heterocycles. The molecule has 0 aliphatic carbocycles. The minimum atomic E-state index is -3.81. The molecule has 106 valence electrons. The Kier molecular flexibility index (Phi) is 5.61. The highest BCUT2D eigenvalue weighted by atomic mass is 35.5. The van der Waals surface area contributed by atoms with Gasteiger partial charge in [0.15, 0.2) is 0 Å². The average Bonchev–Trinajstić information content (AvgIpc) is 2.38. The number of esters is 1. The molecule has 0 amide bonds. The number of hydrogen-bond donors (Lipinski definition) is 0. The Balaban J connectivity index is 3.13. The number of nitrogens with zero attached hydrogens (tertiary/aromatic N) is 1. The Morgan fingerprint density at radius 3 is 2.42 bits per heavy atom. The van der Waals surface area contributed by atoms with E-state index in [1.807, 2.05) is 0 Å². The van der Waals surface area contributed by atoms with E-state index < -0.39 is 16.0 Å². The first-order valence-electron chi connectivity index (χ1n) is 5.35. The van der Waals surface area contributed by atoms with Crippen molar-refractivity contribution in [2.45, 2.75) is 11.8 Å². The van der Waals surface area contributed by atoms with E-state index in [1.54, 1.807) is 6.92 Å². The molecule has 1 aromatic rings. The van der Waals surface area contributed by atoms with Gasteiger partial charge in [-0.25, -0.2) is 8.42 Å². The summed E-state index contributed by atoms with van der Waals surface area (Å²) in [5.74, 6) is -0.634. The maximum atomic E-state index is 12.3. The summed E-state index contributed by atoms with van der Waals surface area (Å²) in [6.45, 7) is 1.41. The van der Waals surface area contributed by atoms with Crippen molar-refractivity contribution in [3.05, 3.63) is 28.2 Å². The number of rotatable bonds is 5. The Hall–Kier alpha value is -0.820. The fourth-order valence-corrected chi connectivity index (χ4v) is 3.14.